The Morgan fingerprint density at radius 3 is 2.62 bits per heavy atom. The lowest BCUT2D eigenvalue weighted by Gasteiger charge is -2.09. The van der Waals surface area contributed by atoms with Gasteiger partial charge in [-0.05, 0) is 41.8 Å². The third-order valence-electron chi connectivity index (χ3n) is 2.94. The van der Waals surface area contributed by atoms with Gasteiger partial charge in [0.05, 0.1) is 0 Å². The minimum atomic E-state index is -0.959. The van der Waals surface area contributed by atoms with Gasteiger partial charge in [0.1, 0.15) is 12.4 Å². The van der Waals surface area contributed by atoms with Crippen LogP contribution in [0, 0.1) is 6.92 Å². The van der Waals surface area contributed by atoms with Crippen molar-refractivity contribution in [2.75, 3.05) is 0 Å². The van der Waals surface area contributed by atoms with E-state index in [2.05, 4.69) is 0 Å². The molecule has 0 saturated heterocycles. The zero-order valence-electron chi connectivity index (χ0n) is 11.5. The number of benzene rings is 2. The van der Waals surface area contributed by atoms with Crippen molar-refractivity contribution in [1.82, 2.24) is 0 Å². The van der Waals surface area contributed by atoms with Crippen molar-refractivity contribution in [3.63, 3.8) is 0 Å². The van der Waals surface area contributed by atoms with E-state index in [1.165, 1.54) is 0 Å². The molecule has 0 amide bonds. The first-order chi connectivity index (χ1) is 10.0. The number of hydrogen-bond acceptors (Lipinski definition) is 2. The number of ether oxygens (including phenoxy) is 1. The fourth-order valence-electron chi connectivity index (χ4n) is 1.78. The number of carboxylic acid groups (broad SMARTS) is 1. The van der Waals surface area contributed by atoms with Crippen LogP contribution in [-0.2, 0) is 11.4 Å². The molecular formula is C17H15ClO3. The van der Waals surface area contributed by atoms with Crippen LogP contribution in [0.2, 0.25) is 5.02 Å². The fourth-order valence-corrected chi connectivity index (χ4v) is 1.95. The van der Waals surface area contributed by atoms with E-state index < -0.39 is 5.97 Å². The summed E-state index contributed by atoms with van der Waals surface area (Å²) >= 11 is 5.94. The topological polar surface area (TPSA) is 46.5 Å². The van der Waals surface area contributed by atoms with E-state index >= 15 is 0 Å². The first-order valence-corrected chi connectivity index (χ1v) is 6.81. The summed E-state index contributed by atoms with van der Waals surface area (Å²) in [5.74, 6) is -0.198. The van der Waals surface area contributed by atoms with Crippen molar-refractivity contribution >= 4 is 23.6 Å². The van der Waals surface area contributed by atoms with Gasteiger partial charge in [0, 0.05) is 11.1 Å². The Labute approximate surface area is 128 Å². The van der Waals surface area contributed by atoms with Crippen LogP contribution in [0.1, 0.15) is 16.7 Å². The Hall–Kier alpha value is -2.26. The molecule has 2 aromatic rings. The molecule has 2 rings (SSSR count). The number of hydrogen-bond donors (Lipinski definition) is 1. The van der Waals surface area contributed by atoms with Crippen molar-refractivity contribution in [3.05, 3.63) is 70.3 Å². The van der Waals surface area contributed by atoms with Gasteiger partial charge < -0.3 is 9.84 Å². The molecule has 3 nitrogen and oxygen atoms in total. The number of halogens is 1. The van der Waals surface area contributed by atoms with Gasteiger partial charge in [-0.2, -0.15) is 0 Å². The molecule has 0 radical (unpaired) electrons. The van der Waals surface area contributed by atoms with Crippen molar-refractivity contribution in [1.29, 1.82) is 0 Å². The van der Waals surface area contributed by atoms with E-state index in [4.69, 9.17) is 21.4 Å². The minimum absolute atomic E-state index is 0.435. The molecule has 0 saturated carbocycles. The Morgan fingerprint density at radius 1 is 1.24 bits per heavy atom. The minimum Gasteiger partial charge on any atom is -0.489 e. The zero-order valence-corrected chi connectivity index (χ0v) is 12.3. The van der Waals surface area contributed by atoms with Gasteiger partial charge in [0.2, 0.25) is 0 Å². The maximum atomic E-state index is 10.4. The van der Waals surface area contributed by atoms with Crippen LogP contribution in [0.4, 0.5) is 0 Å². The van der Waals surface area contributed by atoms with Crippen LogP contribution in [0.5, 0.6) is 5.75 Å². The van der Waals surface area contributed by atoms with E-state index in [0.717, 1.165) is 28.5 Å². The number of aryl methyl sites for hydroxylation is 1. The monoisotopic (exact) mass is 302 g/mol. The summed E-state index contributed by atoms with van der Waals surface area (Å²) in [6.45, 7) is 2.40. The van der Waals surface area contributed by atoms with Crippen LogP contribution in [-0.4, -0.2) is 11.1 Å². The van der Waals surface area contributed by atoms with E-state index in [9.17, 15) is 4.79 Å². The number of carbonyl (C=O) groups is 1. The van der Waals surface area contributed by atoms with Gasteiger partial charge in [-0.3, -0.25) is 0 Å². The van der Waals surface area contributed by atoms with Crippen LogP contribution in [0.3, 0.4) is 0 Å². The highest BCUT2D eigenvalue weighted by Gasteiger charge is 2.01. The molecule has 0 aliphatic carbocycles. The van der Waals surface area contributed by atoms with Crippen LogP contribution in [0.15, 0.2) is 48.5 Å². The van der Waals surface area contributed by atoms with E-state index in [1.807, 2.05) is 43.3 Å². The smallest absolute Gasteiger partial charge is 0.328 e. The van der Waals surface area contributed by atoms with Crippen molar-refractivity contribution < 1.29 is 14.6 Å². The Morgan fingerprint density at radius 2 is 1.95 bits per heavy atom. The number of aliphatic carboxylic acids is 1. The lowest BCUT2D eigenvalue weighted by Crippen LogP contribution is -1.97. The average molecular weight is 303 g/mol. The second kappa shape index (κ2) is 6.95. The second-order valence-electron chi connectivity index (χ2n) is 4.61. The van der Waals surface area contributed by atoms with E-state index in [0.29, 0.717) is 11.6 Å². The molecule has 0 atom stereocenters. The lowest BCUT2D eigenvalue weighted by atomic mass is 10.1. The van der Waals surface area contributed by atoms with Gasteiger partial charge in [-0.1, -0.05) is 41.9 Å². The number of carboxylic acids is 1. The van der Waals surface area contributed by atoms with Gasteiger partial charge in [0.25, 0.3) is 0 Å². The third-order valence-corrected chi connectivity index (χ3v) is 3.18. The lowest BCUT2D eigenvalue weighted by molar-refractivity contribution is -0.131. The summed E-state index contributed by atoms with van der Waals surface area (Å²) in [7, 11) is 0. The molecule has 2 aromatic carbocycles. The first kappa shape index (κ1) is 15.1. The SMILES string of the molecule is Cc1ccc(Cl)cc1OCc1ccc(C=CC(=O)O)cc1. The summed E-state index contributed by atoms with van der Waals surface area (Å²) in [4.78, 5) is 10.4. The van der Waals surface area contributed by atoms with Crippen LogP contribution in [0.25, 0.3) is 6.08 Å². The molecule has 0 unspecified atom stereocenters. The van der Waals surface area contributed by atoms with Gasteiger partial charge in [-0.25, -0.2) is 4.79 Å². The van der Waals surface area contributed by atoms with Crippen molar-refractivity contribution in [3.8, 4) is 5.75 Å². The molecule has 0 heterocycles. The van der Waals surface area contributed by atoms with Crippen LogP contribution < -0.4 is 4.74 Å². The molecule has 4 heteroatoms. The van der Waals surface area contributed by atoms with Gasteiger partial charge in [-0.15, -0.1) is 0 Å². The fraction of sp³-hybridized carbons (Fsp3) is 0.118. The summed E-state index contributed by atoms with van der Waals surface area (Å²) in [5, 5.41) is 9.21. The van der Waals surface area contributed by atoms with Gasteiger partial charge in [0.15, 0.2) is 0 Å². The highest BCUT2D eigenvalue weighted by atomic mass is 35.5. The van der Waals surface area contributed by atoms with E-state index in [-0.39, 0.29) is 0 Å². The average Bonchev–Trinajstić information content (AvgIpc) is 2.47. The maximum Gasteiger partial charge on any atom is 0.328 e. The standard InChI is InChI=1S/C17H15ClO3/c1-12-2-8-15(18)10-16(12)21-11-14-5-3-13(4-6-14)7-9-17(19)20/h2-10H,11H2,1H3,(H,19,20). The predicted molar refractivity (Wildman–Crippen MR) is 83.6 cm³/mol. The molecule has 0 bridgehead atoms. The molecule has 108 valence electrons. The third kappa shape index (κ3) is 4.65. The molecule has 0 aliphatic heterocycles. The zero-order chi connectivity index (χ0) is 15.2. The maximum absolute atomic E-state index is 10.4. The molecule has 0 fully saturated rings. The normalized spacial score (nSPS) is 10.8. The second-order valence-corrected chi connectivity index (χ2v) is 5.05. The Balaban J connectivity index is 2.00. The first-order valence-electron chi connectivity index (χ1n) is 6.43. The number of rotatable bonds is 5. The van der Waals surface area contributed by atoms with Crippen molar-refractivity contribution in [2.45, 2.75) is 13.5 Å². The quantitative estimate of drug-likeness (QED) is 0.836. The Bertz CT molecular complexity index is 660. The summed E-state index contributed by atoms with van der Waals surface area (Å²) in [6.07, 6.45) is 2.66. The molecular weight excluding hydrogens is 288 g/mol. The van der Waals surface area contributed by atoms with Crippen molar-refractivity contribution in [2.24, 2.45) is 0 Å². The Kier molecular flexibility index (Phi) is 5.01. The molecule has 21 heavy (non-hydrogen) atoms. The molecule has 0 spiro atoms. The largest absolute Gasteiger partial charge is 0.489 e. The summed E-state index contributed by atoms with van der Waals surface area (Å²) in [5.41, 5.74) is 2.86. The molecule has 0 aromatic heterocycles. The van der Waals surface area contributed by atoms with E-state index in [1.54, 1.807) is 12.1 Å². The predicted octanol–water partition coefficient (Wildman–Crippen LogP) is 4.33. The highest BCUT2D eigenvalue weighted by molar-refractivity contribution is 6.30. The molecule has 1 N–H and O–H groups in total. The summed E-state index contributed by atoms with van der Waals surface area (Å²) in [6, 6.07) is 13.0. The summed E-state index contributed by atoms with van der Waals surface area (Å²) < 4.78 is 5.75. The molecule has 0 aliphatic rings. The highest BCUT2D eigenvalue weighted by Crippen LogP contribution is 2.23. The van der Waals surface area contributed by atoms with Gasteiger partial charge >= 0.3 is 5.97 Å². The van der Waals surface area contributed by atoms with Crippen LogP contribution >= 0.6 is 11.6 Å².